The Morgan fingerprint density at radius 2 is 1.38 bits per heavy atom. The van der Waals surface area contributed by atoms with Crippen molar-refractivity contribution in [3.05, 3.63) is 59.7 Å². The van der Waals surface area contributed by atoms with Crippen LogP contribution < -0.4 is 14.8 Å². The van der Waals surface area contributed by atoms with Gasteiger partial charge in [0.2, 0.25) is 0 Å². The number of carbonyl (C=O) groups excluding carboxylic acids is 1. The quantitative estimate of drug-likeness (QED) is 0.522. The van der Waals surface area contributed by atoms with Gasteiger partial charge in [-0.25, -0.2) is 5.06 Å². The van der Waals surface area contributed by atoms with Crippen LogP contribution in [-0.2, 0) is 17.6 Å². The van der Waals surface area contributed by atoms with Gasteiger partial charge < -0.3 is 9.47 Å². The van der Waals surface area contributed by atoms with Crippen molar-refractivity contribution < 1.29 is 63.5 Å². The smallest absolute Gasteiger partial charge is 0.264 e. The fourth-order valence-electron chi connectivity index (χ4n) is 2.96. The Morgan fingerprint density at radius 3 is 1.85 bits per heavy atom. The molecule has 0 unspecified atom stereocenters. The molecular formula is C19H22AcN2O4. The first-order valence-electron chi connectivity index (χ1n) is 8.14. The summed E-state index contributed by atoms with van der Waals surface area (Å²) >= 11 is 0. The summed E-state index contributed by atoms with van der Waals surface area (Å²) in [6.45, 7) is 0. The number of hydroxylamine groups is 2. The van der Waals surface area contributed by atoms with Gasteiger partial charge in [-0.3, -0.25) is 15.3 Å². The van der Waals surface area contributed by atoms with Crippen LogP contribution in [0, 0.1) is 44.1 Å². The molecule has 1 heterocycles. The SMILES string of the molecule is COc1ccc(C[C@@H]2N[C@@H](Cc3ccc(OC)cc3)N(O)C2=O)cc1.[Ac]. The maximum absolute atomic E-state index is 12.3. The van der Waals surface area contributed by atoms with E-state index < -0.39 is 12.2 Å². The van der Waals surface area contributed by atoms with Gasteiger partial charge in [0.1, 0.15) is 17.7 Å². The summed E-state index contributed by atoms with van der Waals surface area (Å²) in [5, 5.41) is 14.1. The molecule has 1 radical (unpaired) electrons. The number of hydrogen-bond donors (Lipinski definition) is 2. The second-order valence-corrected chi connectivity index (χ2v) is 6.02. The zero-order valence-corrected chi connectivity index (χ0v) is 19.6. The fraction of sp³-hybridized carbons (Fsp3) is 0.316. The molecule has 135 valence electrons. The molecule has 7 heteroatoms. The molecule has 1 saturated heterocycles. The third-order valence-electron chi connectivity index (χ3n) is 4.40. The molecule has 2 atom stereocenters. The van der Waals surface area contributed by atoms with E-state index in [1.165, 1.54) is 0 Å². The van der Waals surface area contributed by atoms with Gasteiger partial charge in [0.15, 0.2) is 0 Å². The van der Waals surface area contributed by atoms with Crippen LogP contribution in [0.15, 0.2) is 48.5 Å². The Kier molecular flexibility index (Phi) is 7.90. The fourth-order valence-corrected chi connectivity index (χ4v) is 2.96. The van der Waals surface area contributed by atoms with Gasteiger partial charge in [-0.15, -0.1) is 0 Å². The molecule has 0 aliphatic carbocycles. The first-order chi connectivity index (χ1) is 12.1. The second-order valence-electron chi connectivity index (χ2n) is 6.02. The Labute approximate surface area is 189 Å². The van der Waals surface area contributed by atoms with Crippen LogP contribution in [0.25, 0.3) is 0 Å². The van der Waals surface area contributed by atoms with Gasteiger partial charge in [-0.1, -0.05) is 24.3 Å². The molecule has 3 rings (SSSR count). The first kappa shape index (κ1) is 21.2. The summed E-state index contributed by atoms with van der Waals surface area (Å²) < 4.78 is 10.3. The number of carbonyl (C=O) groups is 1. The predicted molar refractivity (Wildman–Crippen MR) is 92.7 cm³/mol. The van der Waals surface area contributed by atoms with Crippen molar-refractivity contribution in [3.63, 3.8) is 0 Å². The van der Waals surface area contributed by atoms with Crippen LogP contribution in [0.4, 0.5) is 0 Å². The van der Waals surface area contributed by atoms with Crippen LogP contribution >= 0.6 is 0 Å². The molecule has 2 aromatic carbocycles. The maximum atomic E-state index is 12.3. The van der Waals surface area contributed by atoms with Crippen LogP contribution in [0.2, 0.25) is 0 Å². The molecule has 1 amide bonds. The number of nitrogens with one attached hydrogen (secondary N) is 1. The number of methoxy groups -OCH3 is 2. The number of hydrogen-bond acceptors (Lipinski definition) is 5. The van der Waals surface area contributed by atoms with Crippen molar-refractivity contribution >= 4 is 5.91 Å². The number of nitrogens with zero attached hydrogens (tertiary/aromatic N) is 1. The van der Waals surface area contributed by atoms with Crippen molar-refractivity contribution in [1.82, 2.24) is 10.4 Å². The van der Waals surface area contributed by atoms with Crippen molar-refractivity contribution in [2.75, 3.05) is 14.2 Å². The normalized spacial score (nSPS) is 19.2. The average molecular weight is 569 g/mol. The van der Waals surface area contributed by atoms with Gasteiger partial charge in [-0.2, -0.15) is 0 Å². The van der Waals surface area contributed by atoms with E-state index in [0.717, 1.165) is 27.7 Å². The van der Waals surface area contributed by atoms with E-state index in [2.05, 4.69) is 5.32 Å². The second kappa shape index (κ2) is 9.70. The molecule has 26 heavy (non-hydrogen) atoms. The van der Waals surface area contributed by atoms with Crippen molar-refractivity contribution in [2.24, 2.45) is 0 Å². The van der Waals surface area contributed by atoms with E-state index in [9.17, 15) is 10.0 Å². The number of ether oxygens (including phenoxy) is 2. The van der Waals surface area contributed by atoms with E-state index >= 15 is 0 Å². The molecule has 1 aliphatic rings. The van der Waals surface area contributed by atoms with Gasteiger partial charge in [0.05, 0.1) is 20.3 Å². The molecule has 0 saturated carbocycles. The Hall–Kier alpha value is -1.13. The summed E-state index contributed by atoms with van der Waals surface area (Å²) in [6, 6.07) is 14.7. The first-order valence-corrected chi connectivity index (χ1v) is 8.14. The van der Waals surface area contributed by atoms with Crippen LogP contribution in [0.1, 0.15) is 11.1 Å². The molecule has 0 spiro atoms. The maximum Gasteiger partial charge on any atom is 0.264 e. The number of amides is 1. The molecule has 1 fully saturated rings. The molecule has 2 N–H and O–H groups in total. The van der Waals surface area contributed by atoms with E-state index in [1.54, 1.807) is 14.2 Å². The van der Waals surface area contributed by atoms with E-state index in [-0.39, 0.29) is 50.0 Å². The van der Waals surface area contributed by atoms with E-state index in [0.29, 0.717) is 12.8 Å². The molecule has 1 aliphatic heterocycles. The molecule has 6 nitrogen and oxygen atoms in total. The molecular weight excluding hydrogens is 547 g/mol. The van der Waals surface area contributed by atoms with Crippen molar-refractivity contribution in [2.45, 2.75) is 25.0 Å². The molecule has 0 bridgehead atoms. The van der Waals surface area contributed by atoms with Gasteiger partial charge in [0, 0.05) is 50.5 Å². The van der Waals surface area contributed by atoms with Crippen LogP contribution in [-0.4, -0.2) is 42.6 Å². The number of rotatable bonds is 6. The Balaban J connectivity index is 0.00000243. The Bertz CT molecular complexity index is 721. The average Bonchev–Trinajstić information content (AvgIpc) is 2.91. The molecule has 2 aromatic rings. The van der Waals surface area contributed by atoms with Gasteiger partial charge >= 0.3 is 0 Å². The zero-order chi connectivity index (χ0) is 17.8. The summed E-state index contributed by atoms with van der Waals surface area (Å²) in [7, 11) is 3.23. The van der Waals surface area contributed by atoms with Crippen LogP contribution in [0.3, 0.4) is 0 Å². The zero-order valence-electron chi connectivity index (χ0n) is 14.9. The van der Waals surface area contributed by atoms with Gasteiger partial charge in [-0.05, 0) is 41.8 Å². The monoisotopic (exact) mass is 569 g/mol. The van der Waals surface area contributed by atoms with E-state index in [4.69, 9.17) is 9.47 Å². The van der Waals surface area contributed by atoms with Crippen molar-refractivity contribution in [3.8, 4) is 11.5 Å². The largest absolute Gasteiger partial charge is 0.497 e. The molecule has 0 aromatic heterocycles. The summed E-state index contributed by atoms with van der Waals surface area (Å²) in [4.78, 5) is 12.3. The minimum atomic E-state index is -0.443. The topological polar surface area (TPSA) is 71.0 Å². The van der Waals surface area contributed by atoms with Crippen LogP contribution in [0.5, 0.6) is 11.5 Å². The van der Waals surface area contributed by atoms with Gasteiger partial charge in [0.25, 0.3) is 5.91 Å². The Morgan fingerprint density at radius 1 is 0.923 bits per heavy atom. The van der Waals surface area contributed by atoms with E-state index in [1.807, 2.05) is 48.5 Å². The third kappa shape index (κ3) is 4.98. The minimum absolute atomic E-state index is 0. The summed E-state index contributed by atoms with van der Waals surface area (Å²) in [6.07, 6.45) is 0.591. The van der Waals surface area contributed by atoms with Crippen molar-refractivity contribution in [1.29, 1.82) is 0 Å². The third-order valence-corrected chi connectivity index (χ3v) is 4.40. The summed E-state index contributed by atoms with van der Waals surface area (Å²) in [5.41, 5.74) is 2.01. The standard InChI is InChI=1S/C19H22N2O4.Ac/c1-24-15-7-3-13(4-8-15)11-17-19(22)21(23)18(20-17)12-14-5-9-16(25-2)10-6-14;/h3-10,17-18,20,23H,11-12H2,1-2H3;/t17-,18+;/m0./s1. The predicted octanol–water partition coefficient (Wildman–Crippen LogP) is 2.00. The number of benzene rings is 2. The minimum Gasteiger partial charge on any atom is -0.497 e. The summed E-state index contributed by atoms with van der Waals surface area (Å²) in [5.74, 6) is 1.24.